The number of nitrogens with zero attached hydrogens (tertiary/aromatic N) is 3. The number of carbonyl (C=O) groups is 1. The summed E-state index contributed by atoms with van der Waals surface area (Å²) in [6.07, 6.45) is 1.87. The van der Waals surface area contributed by atoms with Gasteiger partial charge in [0.15, 0.2) is 15.7 Å². The van der Waals surface area contributed by atoms with Crippen LogP contribution in [0.15, 0.2) is 41.4 Å². The van der Waals surface area contributed by atoms with Gasteiger partial charge in [0, 0.05) is 34.8 Å². The van der Waals surface area contributed by atoms with Crippen LogP contribution in [-0.2, 0) is 15.6 Å². The summed E-state index contributed by atoms with van der Waals surface area (Å²) in [6, 6.07) is 5.08. The monoisotopic (exact) mass is 595 g/mol. The zero-order valence-corrected chi connectivity index (χ0v) is 23.3. The Hall–Kier alpha value is -3.68. The van der Waals surface area contributed by atoms with E-state index < -0.39 is 55.0 Å². The highest BCUT2D eigenvalue weighted by Gasteiger charge is 2.27. The summed E-state index contributed by atoms with van der Waals surface area (Å²) in [5.74, 6) is -4.90. The number of rotatable bonds is 10. The zero-order chi connectivity index (χ0) is 29.2. The molecule has 0 aliphatic carbocycles. The third kappa shape index (κ3) is 6.06. The van der Waals surface area contributed by atoms with Crippen molar-refractivity contribution in [3.63, 3.8) is 0 Å². The van der Waals surface area contributed by atoms with Crippen molar-refractivity contribution >= 4 is 38.2 Å². The molecule has 0 fully saturated rings. The Kier molecular flexibility index (Phi) is 8.66. The van der Waals surface area contributed by atoms with Gasteiger partial charge in [-0.3, -0.25) is 9.89 Å². The maximum atomic E-state index is 15.6. The molecule has 2 aromatic heterocycles. The second kappa shape index (κ2) is 11.8. The van der Waals surface area contributed by atoms with Gasteiger partial charge in [-0.1, -0.05) is 17.7 Å². The van der Waals surface area contributed by atoms with Crippen LogP contribution in [0.3, 0.4) is 0 Å². The van der Waals surface area contributed by atoms with Crippen molar-refractivity contribution in [3.8, 4) is 17.0 Å². The highest BCUT2D eigenvalue weighted by atomic mass is 35.5. The topological polar surface area (TPSA) is 117 Å². The fourth-order valence-electron chi connectivity index (χ4n) is 4.13. The molecule has 0 aliphatic rings. The van der Waals surface area contributed by atoms with Crippen molar-refractivity contribution in [3.05, 3.63) is 70.3 Å². The molecular weight excluding hydrogens is 571 g/mol. The van der Waals surface area contributed by atoms with Crippen molar-refractivity contribution < 1.29 is 31.1 Å². The summed E-state index contributed by atoms with van der Waals surface area (Å²) in [6.45, 7) is 1.14. The van der Waals surface area contributed by atoms with E-state index in [-0.39, 0.29) is 33.1 Å². The molecule has 0 atom stereocenters. The summed E-state index contributed by atoms with van der Waals surface area (Å²) in [5.41, 5.74) is -1.67. The van der Waals surface area contributed by atoms with E-state index in [1.807, 2.05) is 19.0 Å². The Morgan fingerprint density at radius 3 is 2.58 bits per heavy atom. The van der Waals surface area contributed by atoms with Crippen LogP contribution in [0.2, 0.25) is 5.02 Å². The maximum absolute atomic E-state index is 15.6. The minimum absolute atomic E-state index is 0.00392. The van der Waals surface area contributed by atoms with Crippen molar-refractivity contribution in [1.82, 2.24) is 25.4 Å². The maximum Gasteiger partial charge on any atom is 0.269 e. The van der Waals surface area contributed by atoms with Gasteiger partial charge in [0.1, 0.15) is 27.7 Å². The molecule has 0 aliphatic heterocycles. The Morgan fingerprint density at radius 1 is 1.12 bits per heavy atom. The van der Waals surface area contributed by atoms with E-state index in [0.29, 0.717) is 19.0 Å². The molecule has 4 aromatic rings. The first kappa shape index (κ1) is 29.3. The van der Waals surface area contributed by atoms with E-state index in [0.717, 1.165) is 18.7 Å². The first-order valence-corrected chi connectivity index (χ1v) is 14.0. The van der Waals surface area contributed by atoms with Gasteiger partial charge in [-0.2, -0.15) is 5.10 Å². The fraction of sp³-hybridized carbons (Fsp3) is 0.269. The van der Waals surface area contributed by atoms with E-state index >= 15 is 8.78 Å². The summed E-state index contributed by atoms with van der Waals surface area (Å²) >= 11 is 5.88. The number of carbonyl (C=O) groups excluding carboxylic acids is 1. The van der Waals surface area contributed by atoms with Gasteiger partial charge in [0.05, 0.1) is 17.9 Å². The summed E-state index contributed by atoms with van der Waals surface area (Å²) < 4.78 is 76.9. The molecule has 2 aromatic carbocycles. The molecule has 40 heavy (non-hydrogen) atoms. The number of ether oxygens (including phenoxy) is 1. The van der Waals surface area contributed by atoms with Crippen LogP contribution in [-0.4, -0.2) is 68.7 Å². The van der Waals surface area contributed by atoms with Gasteiger partial charge in [0.2, 0.25) is 5.88 Å². The number of benzene rings is 2. The molecule has 0 saturated carbocycles. The Morgan fingerprint density at radius 2 is 1.88 bits per heavy atom. The van der Waals surface area contributed by atoms with E-state index in [1.165, 1.54) is 25.4 Å². The van der Waals surface area contributed by atoms with Crippen molar-refractivity contribution in [2.75, 3.05) is 34.3 Å². The quantitative estimate of drug-likeness (QED) is 0.262. The molecule has 0 bridgehead atoms. The SMILES string of the molecule is COc1ncc(Cl)cc1S(=O)(=O)Cc1cc(F)cc(-c2ccc3c(C(=O)NCCCN(C)C)[nH]nc3c2F)c1F. The van der Waals surface area contributed by atoms with Gasteiger partial charge in [-0.25, -0.2) is 26.6 Å². The van der Waals surface area contributed by atoms with E-state index in [1.54, 1.807) is 0 Å². The summed E-state index contributed by atoms with van der Waals surface area (Å²) in [5, 5.41) is 9.23. The number of halogens is 4. The molecule has 2 heterocycles. The van der Waals surface area contributed by atoms with E-state index in [9.17, 15) is 17.6 Å². The summed E-state index contributed by atoms with van der Waals surface area (Å²) in [7, 11) is 0.689. The largest absolute Gasteiger partial charge is 0.480 e. The van der Waals surface area contributed by atoms with Gasteiger partial charge >= 0.3 is 0 Å². The number of hydrogen-bond acceptors (Lipinski definition) is 7. The zero-order valence-electron chi connectivity index (χ0n) is 21.7. The van der Waals surface area contributed by atoms with Crippen molar-refractivity contribution in [2.45, 2.75) is 17.1 Å². The molecule has 2 N–H and O–H groups in total. The van der Waals surface area contributed by atoms with Crippen LogP contribution in [0, 0.1) is 17.5 Å². The molecule has 0 saturated heterocycles. The first-order valence-electron chi connectivity index (χ1n) is 11.9. The molecule has 212 valence electrons. The van der Waals surface area contributed by atoms with Crippen molar-refractivity contribution in [2.24, 2.45) is 0 Å². The second-order valence-corrected chi connectivity index (χ2v) is 11.6. The minimum Gasteiger partial charge on any atom is -0.480 e. The molecular formula is C26H25ClF3N5O4S. The van der Waals surface area contributed by atoms with E-state index in [4.69, 9.17) is 16.3 Å². The fourth-order valence-corrected chi connectivity index (χ4v) is 5.83. The van der Waals surface area contributed by atoms with Gasteiger partial charge < -0.3 is 15.0 Å². The molecule has 1 amide bonds. The van der Waals surface area contributed by atoms with Gasteiger partial charge in [-0.05, 0) is 51.3 Å². The predicted molar refractivity (Wildman–Crippen MR) is 144 cm³/mol. The van der Waals surface area contributed by atoms with Crippen LogP contribution >= 0.6 is 11.6 Å². The lowest BCUT2D eigenvalue weighted by atomic mass is 10.00. The standard InChI is InChI=1S/C26H25ClF3N5O4S/c1-35(2)8-4-7-31-25(36)24-18-6-5-17(22(30)23(18)33-34-24)19-11-16(28)9-14(21(19)29)13-40(37,38)20-10-15(27)12-32-26(20)39-3/h5-6,9-12H,4,7-8,13H2,1-3H3,(H,31,36)(H,33,34). The molecule has 0 unspecified atom stereocenters. The first-order chi connectivity index (χ1) is 18.9. The lowest BCUT2D eigenvalue weighted by Gasteiger charge is -2.13. The average Bonchev–Trinajstić information content (AvgIpc) is 3.34. The highest BCUT2D eigenvalue weighted by Crippen LogP contribution is 2.34. The van der Waals surface area contributed by atoms with Crippen LogP contribution in [0.25, 0.3) is 22.0 Å². The molecule has 9 nitrogen and oxygen atoms in total. The second-order valence-electron chi connectivity index (χ2n) is 9.18. The third-order valence-corrected chi connectivity index (χ3v) is 7.88. The van der Waals surface area contributed by atoms with Gasteiger partial charge in [-0.15, -0.1) is 0 Å². The van der Waals surface area contributed by atoms with Crippen LogP contribution in [0.4, 0.5) is 13.2 Å². The molecule has 4 rings (SSSR count). The number of sulfone groups is 1. The van der Waals surface area contributed by atoms with Crippen LogP contribution in [0.1, 0.15) is 22.5 Å². The third-order valence-electron chi connectivity index (χ3n) is 6.02. The Balaban J connectivity index is 1.68. The number of H-pyrrole nitrogens is 1. The molecule has 0 spiro atoms. The van der Waals surface area contributed by atoms with Crippen LogP contribution < -0.4 is 10.1 Å². The van der Waals surface area contributed by atoms with Gasteiger partial charge in [0.25, 0.3) is 5.91 Å². The number of aromatic nitrogens is 3. The Bertz CT molecular complexity index is 1700. The lowest BCUT2D eigenvalue weighted by Crippen LogP contribution is -2.27. The van der Waals surface area contributed by atoms with Crippen molar-refractivity contribution in [1.29, 1.82) is 0 Å². The average molecular weight is 596 g/mol. The van der Waals surface area contributed by atoms with Crippen LogP contribution in [0.5, 0.6) is 5.88 Å². The highest BCUT2D eigenvalue weighted by molar-refractivity contribution is 7.90. The smallest absolute Gasteiger partial charge is 0.269 e. The minimum atomic E-state index is -4.32. The number of aromatic amines is 1. The summed E-state index contributed by atoms with van der Waals surface area (Å²) in [4.78, 5) is 17.9. The number of nitrogens with one attached hydrogen (secondary N) is 2. The normalized spacial score (nSPS) is 11.8. The number of fused-ring (bicyclic) bond motifs is 1. The lowest BCUT2D eigenvalue weighted by molar-refractivity contribution is 0.0949. The Labute approximate surface area is 233 Å². The molecule has 0 radical (unpaired) electrons. The predicted octanol–water partition coefficient (Wildman–Crippen LogP) is 4.36. The number of amides is 1. The number of methoxy groups -OCH3 is 1. The molecule has 14 heteroatoms. The number of pyridine rings is 1. The number of hydrogen-bond donors (Lipinski definition) is 2. The van der Waals surface area contributed by atoms with E-state index in [2.05, 4.69) is 20.5 Å².